The summed E-state index contributed by atoms with van der Waals surface area (Å²) in [4.78, 5) is 24.4. The first kappa shape index (κ1) is 18.9. The van der Waals surface area contributed by atoms with Crippen molar-refractivity contribution in [1.82, 2.24) is 10.6 Å². The molecule has 6 nitrogen and oxygen atoms in total. The summed E-state index contributed by atoms with van der Waals surface area (Å²) in [5.74, 6) is -0.243. The van der Waals surface area contributed by atoms with E-state index in [0.717, 1.165) is 24.0 Å². The van der Waals surface area contributed by atoms with Gasteiger partial charge in [0.1, 0.15) is 5.54 Å². The molecule has 2 atom stereocenters. The Bertz CT molecular complexity index is 799. The number of amides is 3. The molecule has 6 heteroatoms. The van der Waals surface area contributed by atoms with Crippen LogP contribution in [0.2, 0.25) is 0 Å². The van der Waals surface area contributed by atoms with Gasteiger partial charge in [0.05, 0.1) is 6.04 Å². The minimum Gasteiger partial charge on any atom is -0.348 e. The van der Waals surface area contributed by atoms with Gasteiger partial charge in [0, 0.05) is 11.7 Å². The van der Waals surface area contributed by atoms with Crippen LogP contribution in [-0.4, -0.2) is 18.0 Å². The van der Waals surface area contributed by atoms with Crippen LogP contribution in [0.4, 0.5) is 10.5 Å². The second-order valence-electron chi connectivity index (χ2n) is 7.26. The topological polar surface area (TPSA) is 96.2 Å². The Morgan fingerprint density at radius 2 is 1.70 bits per heavy atom. The monoisotopic (exact) mass is 366 g/mol. The summed E-state index contributed by atoms with van der Waals surface area (Å²) in [6, 6.07) is 16.6. The van der Waals surface area contributed by atoms with E-state index < -0.39 is 5.54 Å². The normalized spacial score (nSPS) is 16.7. The number of benzene rings is 2. The van der Waals surface area contributed by atoms with Gasteiger partial charge in [-0.25, -0.2) is 4.79 Å². The van der Waals surface area contributed by atoms with Gasteiger partial charge >= 0.3 is 6.03 Å². The van der Waals surface area contributed by atoms with Crippen molar-refractivity contribution < 1.29 is 9.59 Å². The van der Waals surface area contributed by atoms with Crippen molar-refractivity contribution in [2.75, 3.05) is 5.32 Å². The van der Waals surface area contributed by atoms with Crippen LogP contribution in [0.15, 0.2) is 54.6 Å². The smallest absolute Gasteiger partial charge is 0.319 e. The second-order valence-corrected chi connectivity index (χ2v) is 7.26. The summed E-state index contributed by atoms with van der Waals surface area (Å²) in [6.45, 7) is 3.61. The summed E-state index contributed by atoms with van der Waals surface area (Å²) >= 11 is 0. The summed E-state index contributed by atoms with van der Waals surface area (Å²) < 4.78 is 0. The molecule has 0 bridgehead atoms. The van der Waals surface area contributed by atoms with Crippen molar-refractivity contribution in [2.45, 2.75) is 44.3 Å². The first-order chi connectivity index (χ1) is 12.9. The molecule has 3 amide bonds. The Balaban J connectivity index is 1.59. The predicted octanol–water partition coefficient (Wildman–Crippen LogP) is 3.02. The molecule has 5 N–H and O–H groups in total. The van der Waals surface area contributed by atoms with Gasteiger partial charge in [0.2, 0.25) is 5.91 Å². The number of rotatable bonds is 6. The summed E-state index contributed by atoms with van der Waals surface area (Å²) in [5.41, 5.74) is 7.55. The van der Waals surface area contributed by atoms with E-state index in [1.165, 1.54) is 0 Å². The van der Waals surface area contributed by atoms with Crippen molar-refractivity contribution in [3.05, 3.63) is 65.7 Å². The lowest BCUT2D eigenvalue weighted by molar-refractivity contribution is -0.126. The molecule has 2 aromatic rings. The zero-order valence-electron chi connectivity index (χ0n) is 15.7. The van der Waals surface area contributed by atoms with Crippen LogP contribution in [0.1, 0.15) is 43.9 Å². The van der Waals surface area contributed by atoms with Crippen molar-refractivity contribution in [3.8, 4) is 0 Å². The summed E-state index contributed by atoms with van der Waals surface area (Å²) in [5, 5.41) is 8.65. The lowest BCUT2D eigenvalue weighted by Gasteiger charge is -2.26. The van der Waals surface area contributed by atoms with Gasteiger partial charge in [-0.1, -0.05) is 42.5 Å². The zero-order chi connectivity index (χ0) is 19.4. The molecular formula is C21H26N4O2. The van der Waals surface area contributed by atoms with Gasteiger partial charge in [0.25, 0.3) is 0 Å². The lowest BCUT2D eigenvalue weighted by atomic mass is 9.91. The quantitative estimate of drug-likeness (QED) is 0.633. The second kappa shape index (κ2) is 7.80. The third kappa shape index (κ3) is 4.86. The fourth-order valence-electron chi connectivity index (χ4n) is 2.78. The van der Waals surface area contributed by atoms with Crippen molar-refractivity contribution in [2.24, 2.45) is 5.73 Å². The number of hydrogen-bond acceptors (Lipinski definition) is 3. The molecule has 142 valence electrons. The van der Waals surface area contributed by atoms with Gasteiger partial charge in [-0.3, -0.25) is 4.79 Å². The molecule has 2 aromatic carbocycles. The number of nitrogens with two attached hydrogens (primary N) is 1. The number of carbonyl (C=O) groups excluding carboxylic acids is 2. The van der Waals surface area contributed by atoms with Gasteiger partial charge in [-0.15, -0.1) is 0 Å². The molecule has 1 aliphatic carbocycles. The summed E-state index contributed by atoms with van der Waals surface area (Å²) in [7, 11) is 0. The number of hydrogen-bond donors (Lipinski definition) is 4. The first-order valence-electron chi connectivity index (χ1n) is 9.19. The molecule has 0 heterocycles. The maximum absolute atomic E-state index is 12.7. The number of anilines is 1. The maximum atomic E-state index is 12.7. The number of urea groups is 1. The van der Waals surface area contributed by atoms with Gasteiger partial charge in [-0.05, 0) is 49.9 Å². The van der Waals surface area contributed by atoms with Crippen molar-refractivity contribution in [1.29, 1.82) is 0 Å². The predicted molar refractivity (Wildman–Crippen MR) is 106 cm³/mol. The Kier molecular flexibility index (Phi) is 5.46. The van der Waals surface area contributed by atoms with E-state index in [9.17, 15) is 9.59 Å². The Morgan fingerprint density at radius 3 is 2.30 bits per heavy atom. The Labute approximate surface area is 159 Å². The van der Waals surface area contributed by atoms with Crippen molar-refractivity contribution >= 4 is 17.6 Å². The van der Waals surface area contributed by atoms with E-state index in [1.54, 1.807) is 6.92 Å². The van der Waals surface area contributed by atoms with Crippen molar-refractivity contribution in [3.63, 3.8) is 0 Å². The van der Waals surface area contributed by atoms with E-state index in [4.69, 9.17) is 5.73 Å². The fraction of sp³-hybridized carbons (Fsp3) is 0.333. The van der Waals surface area contributed by atoms with Gasteiger partial charge < -0.3 is 21.7 Å². The molecule has 0 aliphatic heterocycles. The van der Waals surface area contributed by atoms with E-state index >= 15 is 0 Å². The largest absolute Gasteiger partial charge is 0.348 e. The molecule has 0 spiro atoms. The van der Waals surface area contributed by atoms with Crippen LogP contribution in [0.5, 0.6) is 0 Å². The average molecular weight is 366 g/mol. The van der Waals surface area contributed by atoms with Crippen LogP contribution >= 0.6 is 0 Å². The SMILES string of the molecule is CC(NC(=O)C(C)(N)c1ccccc1)c1ccc(NC(=O)NC2CC2)cc1. The molecule has 1 fully saturated rings. The highest BCUT2D eigenvalue weighted by Crippen LogP contribution is 2.22. The summed E-state index contributed by atoms with van der Waals surface area (Å²) in [6.07, 6.45) is 2.10. The minimum atomic E-state index is -1.11. The minimum absolute atomic E-state index is 0.187. The van der Waals surface area contributed by atoms with Crippen LogP contribution in [0, 0.1) is 0 Å². The third-order valence-electron chi connectivity index (χ3n) is 4.77. The molecule has 0 saturated heterocycles. The van der Waals surface area contributed by atoms with Crippen LogP contribution < -0.4 is 21.7 Å². The molecule has 3 rings (SSSR count). The van der Waals surface area contributed by atoms with Gasteiger partial charge in [0.15, 0.2) is 0 Å². The highest BCUT2D eigenvalue weighted by molar-refractivity contribution is 5.89. The Morgan fingerprint density at radius 1 is 1.07 bits per heavy atom. The number of carbonyl (C=O) groups is 2. The maximum Gasteiger partial charge on any atom is 0.319 e. The molecular weight excluding hydrogens is 340 g/mol. The third-order valence-corrected chi connectivity index (χ3v) is 4.77. The van der Waals surface area contributed by atoms with Crippen LogP contribution in [0.3, 0.4) is 0 Å². The Hall–Kier alpha value is -2.86. The molecule has 0 radical (unpaired) electrons. The van der Waals surface area contributed by atoms with E-state index in [0.29, 0.717) is 11.7 Å². The molecule has 1 saturated carbocycles. The van der Waals surface area contributed by atoms with Crippen LogP contribution in [-0.2, 0) is 10.3 Å². The molecule has 0 aromatic heterocycles. The average Bonchev–Trinajstić information content (AvgIpc) is 3.46. The number of nitrogens with one attached hydrogen (secondary N) is 3. The van der Waals surface area contributed by atoms with Crippen LogP contribution in [0.25, 0.3) is 0 Å². The standard InChI is InChI=1S/C21H26N4O2/c1-14(23-19(26)21(2,22)16-6-4-3-5-7-16)15-8-10-17(11-9-15)24-20(27)25-18-12-13-18/h3-11,14,18H,12-13,22H2,1-2H3,(H,23,26)(H2,24,25,27). The van der Waals surface area contributed by atoms with E-state index in [-0.39, 0.29) is 18.0 Å². The highest BCUT2D eigenvalue weighted by atomic mass is 16.2. The van der Waals surface area contributed by atoms with Gasteiger partial charge in [-0.2, -0.15) is 0 Å². The highest BCUT2D eigenvalue weighted by Gasteiger charge is 2.31. The first-order valence-corrected chi connectivity index (χ1v) is 9.19. The van der Waals surface area contributed by atoms with E-state index in [1.807, 2.05) is 61.5 Å². The molecule has 2 unspecified atom stereocenters. The lowest BCUT2D eigenvalue weighted by Crippen LogP contribution is -2.49. The molecule has 27 heavy (non-hydrogen) atoms. The zero-order valence-corrected chi connectivity index (χ0v) is 15.7. The fourth-order valence-corrected chi connectivity index (χ4v) is 2.78. The van der Waals surface area contributed by atoms with E-state index in [2.05, 4.69) is 16.0 Å². The molecule has 1 aliphatic rings.